The summed E-state index contributed by atoms with van der Waals surface area (Å²) in [7, 11) is 0. The highest BCUT2D eigenvalue weighted by Crippen LogP contribution is 2.36. The van der Waals surface area contributed by atoms with Gasteiger partial charge in [0.15, 0.2) is 0 Å². The Hall–Kier alpha value is -3.16. The van der Waals surface area contributed by atoms with E-state index in [1.54, 1.807) is 35.3 Å². The van der Waals surface area contributed by atoms with Gasteiger partial charge in [0.05, 0.1) is 22.3 Å². The van der Waals surface area contributed by atoms with Gasteiger partial charge < -0.3 is 5.73 Å². The van der Waals surface area contributed by atoms with Crippen LogP contribution in [0, 0.1) is 5.82 Å². The highest BCUT2D eigenvalue weighted by Gasteiger charge is 2.17. The molecule has 2 aromatic heterocycles. The van der Waals surface area contributed by atoms with Gasteiger partial charge in [-0.25, -0.2) is 9.07 Å². The lowest BCUT2D eigenvalue weighted by atomic mass is 10.1. The van der Waals surface area contributed by atoms with Gasteiger partial charge in [0.2, 0.25) is 0 Å². The Labute approximate surface area is 175 Å². The van der Waals surface area contributed by atoms with E-state index >= 15 is 0 Å². The summed E-state index contributed by atoms with van der Waals surface area (Å²) in [5.41, 5.74) is 6.92. The molecule has 8 heteroatoms. The Bertz CT molecular complexity index is 1180. The van der Waals surface area contributed by atoms with Gasteiger partial charge in [-0.2, -0.15) is 5.10 Å². The number of hydrogen-bond acceptors (Lipinski definition) is 4. The molecule has 2 heterocycles. The monoisotopic (exact) mass is 424 g/mol. The maximum absolute atomic E-state index is 14.4. The Morgan fingerprint density at radius 2 is 1.93 bits per heavy atom. The zero-order chi connectivity index (χ0) is 20.4. The Morgan fingerprint density at radius 3 is 2.59 bits per heavy atom. The lowest BCUT2D eigenvalue weighted by Crippen LogP contribution is -2.12. The van der Waals surface area contributed by atoms with Crippen molar-refractivity contribution in [3.05, 3.63) is 89.6 Å². The molecule has 4 rings (SSSR count). The summed E-state index contributed by atoms with van der Waals surface area (Å²) in [5, 5.41) is 5.27. The van der Waals surface area contributed by atoms with Crippen LogP contribution in [-0.4, -0.2) is 20.7 Å². The Balaban J connectivity index is 1.80. The van der Waals surface area contributed by atoms with Crippen LogP contribution < -0.4 is 5.73 Å². The molecular formula is C21H14ClFN4OS. The van der Waals surface area contributed by atoms with Gasteiger partial charge in [-0.15, -0.1) is 0 Å². The fourth-order valence-electron chi connectivity index (χ4n) is 2.75. The summed E-state index contributed by atoms with van der Waals surface area (Å²) >= 11 is 7.44. The molecule has 144 valence electrons. The van der Waals surface area contributed by atoms with Gasteiger partial charge in [0.25, 0.3) is 5.91 Å². The number of nitrogens with two attached hydrogens (primary N) is 1. The van der Waals surface area contributed by atoms with Crippen LogP contribution in [0.2, 0.25) is 5.02 Å². The zero-order valence-corrected chi connectivity index (χ0v) is 16.5. The number of rotatable bonds is 5. The average Bonchev–Trinajstić information content (AvgIpc) is 3.14. The topological polar surface area (TPSA) is 73.8 Å². The molecule has 0 aliphatic rings. The Morgan fingerprint density at radius 1 is 1.14 bits per heavy atom. The van der Waals surface area contributed by atoms with E-state index < -0.39 is 11.7 Å². The molecule has 0 aliphatic heterocycles. The first kappa shape index (κ1) is 19.2. The normalized spacial score (nSPS) is 10.8. The molecule has 0 fully saturated rings. The summed E-state index contributed by atoms with van der Waals surface area (Å²) in [6.45, 7) is 0. The molecule has 0 saturated carbocycles. The third-order valence-electron chi connectivity index (χ3n) is 4.14. The molecule has 5 nitrogen and oxygen atoms in total. The maximum Gasteiger partial charge on any atom is 0.251 e. The number of aromatic nitrogens is 3. The first-order valence-electron chi connectivity index (χ1n) is 8.54. The van der Waals surface area contributed by atoms with E-state index in [1.165, 1.54) is 23.9 Å². The third-order valence-corrected chi connectivity index (χ3v) is 5.42. The molecule has 0 saturated heterocycles. The summed E-state index contributed by atoms with van der Waals surface area (Å²) in [4.78, 5) is 17.2. The van der Waals surface area contributed by atoms with Gasteiger partial charge in [0, 0.05) is 27.9 Å². The van der Waals surface area contributed by atoms with E-state index in [1.807, 2.05) is 30.5 Å². The van der Waals surface area contributed by atoms with Crippen molar-refractivity contribution in [3.8, 4) is 16.9 Å². The quantitative estimate of drug-likeness (QED) is 0.490. The van der Waals surface area contributed by atoms with Gasteiger partial charge in [-0.3, -0.25) is 9.78 Å². The van der Waals surface area contributed by atoms with Crippen molar-refractivity contribution >= 4 is 29.3 Å². The van der Waals surface area contributed by atoms with Crippen molar-refractivity contribution < 1.29 is 9.18 Å². The maximum atomic E-state index is 14.4. The number of amides is 1. The van der Waals surface area contributed by atoms with E-state index in [0.717, 1.165) is 15.5 Å². The van der Waals surface area contributed by atoms with Crippen LogP contribution in [0.5, 0.6) is 0 Å². The molecule has 0 atom stereocenters. The molecule has 4 aromatic rings. The highest BCUT2D eigenvalue weighted by atomic mass is 35.5. The summed E-state index contributed by atoms with van der Waals surface area (Å²) in [6, 6.07) is 15.3. The number of halogens is 2. The van der Waals surface area contributed by atoms with Crippen molar-refractivity contribution in [1.29, 1.82) is 0 Å². The molecule has 0 aliphatic carbocycles. The van der Waals surface area contributed by atoms with E-state index in [4.69, 9.17) is 17.3 Å². The van der Waals surface area contributed by atoms with Crippen molar-refractivity contribution in [1.82, 2.24) is 14.8 Å². The lowest BCUT2D eigenvalue weighted by molar-refractivity contribution is 0.0996. The van der Waals surface area contributed by atoms with E-state index in [0.29, 0.717) is 16.3 Å². The molecule has 2 N–H and O–H groups in total. The van der Waals surface area contributed by atoms with E-state index in [9.17, 15) is 9.18 Å². The first-order chi connectivity index (χ1) is 14.0. The van der Waals surface area contributed by atoms with Gasteiger partial charge >= 0.3 is 0 Å². The number of pyridine rings is 1. The lowest BCUT2D eigenvalue weighted by Gasteiger charge is -2.05. The molecule has 29 heavy (non-hydrogen) atoms. The number of carbonyl (C=O) groups is 1. The largest absolute Gasteiger partial charge is 0.366 e. The summed E-state index contributed by atoms with van der Waals surface area (Å²) in [5.74, 6) is -1.50. The smallest absolute Gasteiger partial charge is 0.251 e. The second-order valence-electron chi connectivity index (χ2n) is 6.11. The molecule has 1 amide bonds. The number of nitrogens with zero attached hydrogens (tertiary/aromatic N) is 3. The zero-order valence-electron chi connectivity index (χ0n) is 14.9. The highest BCUT2D eigenvalue weighted by molar-refractivity contribution is 7.99. The number of carbonyl (C=O) groups excluding carboxylic acids is 1. The predicted molar refractivity (Wildman–Crippen MR) is 111 cm³/mol. The van der Waals surface area contributed by atoms with E-state index in [2.05, 4.69) is 10.1 Å². The second-order valence-corrected chi connectivity index (χ2v) is 7.66. The van der Waals surface area contributed by atoms with Crippen molar-refractivity contribution in [2.24, 2.45) is 5.73 Å². The van der Waals surface area contributed by atoms with Gasteiger partial charge in [0.1, 0.15) is 11.5 Å². The summed E-state index contributed by atoms with van der Waals surface area (Å²) < 4.78 is 16.0. The number of primary amides is 1. The minimum atomic E-state index is -0.814. The minimum Gasteiger partial charge on any atom is -0.366 e. The van der Waals surface area contributed by atoms with Crippen molar-refractivity contribution in [3.63, 3.8) is 0 Å². The predicted octanol–water partition coefficient (Wildman–Crippen LogP) is 4.98. The van der Waals surface area contributed by atoms with Crippen LogP contribution in [0.4, 0.5) is 4.39 Å². The standard InChI is InChI=1S/C21H14ClFN4OS/c22-14-4-6-16(7-5-14)29-19-12-27(15-2-1-9-25-11-15)26-20(19)13-3-8-17(21(24)28)18(23)10-13/h1-12H,(H2,24,28). The van der Waals surface area contributed by atoms with Crippen LogP contribution in [0.15, 0.2) is 83.0 Å². The molecular weight excluding hydrogens is 411 g/mol. The SMILES string of the molecule is NC(=O)c1ccc(-c2nn(-c3cccnc3)cc2Sc2ccc(Cl)cc2)cc1F. The fourth-order valence-corrected chi connectivity index (χ4v) is 3.81. The molecule has 0 radical (unpaired) electrons. The van der Waals surface area contributed by atoms with Crippen molar-refractivity contribution in [2.45, 2.75) is 9.79 Å². The van der Waals surface area contributed by atoms with Gasteiger partial charge in [-0.1, -0.05) is 29.4 Å². The van der Waals surface area contributed by atoms with Crippen LogP contribution in [0.1, 0.15) is 10.4 Å². The van der Waals surface area contributed by atoms with Crippen LogP contribution in [0.25, 0.3) is 16.9 Å². The summed E-state index contributed by atoms with van der Waals surface area (Å²) in [6.07, 6.45) is 5.21. The average molecular weight is 425 g/mol. The molecule has 0 bridgehead atoms. The molecule has 0 unspecified atom stereocenters. The Kier molecular flexibility index (Phi) is 5.33. The van der Waals surface area contributed by atoms with Crippen LogP contribution in [-0.2, 0) is 0 Å². The van der Waals surface area contributed by atoms with Gasteiger partial charge in [-0.05, 0) is 48.5 Å². The van der Waals surface area contributed by atoms with Crippen LogP contribution in [0.3, 0.4) is 0 Å². The van der Waals surface area contributed by atoms with E-state index in [-0.39, 0.29) is 5.56 Å². The molecule has 2 aromatic carbocycles. The number of hydrogen-bond donors (Lipinski definition) is 1. The minimum absolute atomic E-state index is 0.160. The second kappa shape index (κ2) is 8.06. The van der Waals surface area contributed by atoms with Crippen molar-refractivity contribution in [2.75, 3.05) is 0 Å². The fraction of sp³-hybridized carbons (Fsp3) is 0. The first-order valence-corrected chi connectivity index (χ1v) is 9.74. The number of benzene rings is 2. The van der Waals surface area contributed by atoms with Crippen LogP contribution >= 0.6 is 23.4 Å². The third kappa shape index (κ3) is 4.16. The molecule has 0 spiro atoms.